The summed E-state index contributed by atoms with van der Waals surface area (Å²) in [4.78, 5) is 11.2. The number of carboxylic acid groups (broad SMARTS) is 1. The summed E-state index contributed by atoms with van der Waals surface area (Å²) in [5.41, 5.74) is 1.76. The van der Waals surface area contributed by atoms with Crippen LogP contribution in [0, 0.1) is 0 Å². The predicted octanol–water partition coefficient (Wildman–Crippen LogP) is 2.35. The number of hydrogen-bond donors (Lipinski definition) is 3. The molecule has 0 amide bonds. The molecule has 8 heteroatoms. The molecule has 0 radical (unpaired) electrons. The van der Waals surface area contributed by atoms with Crippen LogP contribution in [0.2, 0.25) is 5.02 Å². The molecule has 24 heavy (non-hydrogen) atoms. The highest BCUT2D eigenvalue weighted by Gasteiger charge is 2.25. The Morgan fingerprint density at radius 2 is 2.04 bits per heavy atom. The van der Waals surface area contributed by atoms with Gasteiger partial charge in [-0.2, -0.15) is 0 Å². The van der Waals surface area contributed by atoms with Gasteiger partial charge < -0.3 is 10.4 Å². The fraction of sp³-hybridized carbons (Fsp3) is 0.188. The minimum absolute atomic E-state index is 0.0973. The van der Waals surface area contributed by atoms with E-state index in [1.807, 2.05) is 0 Å². The summed E-state index contributed by atoms with van der Waals surface area (Å²) in [5.74, 6) is -1.01. The van der Waals surface area contributed by atoms with Crippen molar-refractivity contribution in [1.29, 1.82) is 0 Å². The first-order chi connectivity index (χ1) is 11.3. The topological polar surface area (TPSA) is 95.5 Å². The van der Waals surface area contributed by atoms with Crippen molar-refractivity contribution >= 4 is 33.3 Å². The molecule has 0 bridgehead atoms. The number of halogens is 1. The Morgan fingerprint density at radius 1 is 1.25 bits per heavy atom. The highest BCUT2D eigenvalue weighted by atomic mass is 35.5. The zero-order chi connectivity index (χ0) is 17.3. The number of benzene rings is 2. The average Bonchev–Trinajstić information content (AvgIpc) is 2.53. The molecule has 126 valence electrons. The van der Waals surface area contributed by atoms with Gasteiger partial charge >= 0.3 is 5.97 Å². The second kappa shape index (κ2) is 6.43. The number of sulfonamides is 1. The fourth-order valence-corrected chi connectivity index (χ4v) is 4.18. The molecule has 0 aliphatic carbocycles. The van der Waals surface area contributed by atoms with Crippen molar-refractivity contribution in [2.75, 3.05) is 11.9 Å². The van der Waals surface area contributed by atoms with Crippen molar-refractivity contribution in [3.05, 3.63) is 58.6 Å². The van der Waals surface area contributed by atoms with Gasteiger partial charge in [0.15, 0.2) is 0 Å². The summed E-state index contributed by atoms with van der Waals surface area (Å²) in [5, 5.41) is 12.5. The molecule has 0 spiro atoms. The molecule has 0 saturated carbocycles. The van der Waals surface area contributed by atoms with Crippen molar-refractivity contribution in [1.82, 2.24) is 4.72 Å². The molecule has 1 unspecified atom stereocenters. The molecule has 2 aromatic carbocycles. The van der Waals surface area contributed by atoms with Gasteiger partial charge in [-0.25, -0.2) is 17.9 Å². The maximum atomic E-state index is 12.4. The van der Waals surface area contributed by atoms with Gasteiger partial charge in [-0.05, 0) is 48.4 Å². The largest absolute Gasteiger partial charge is 0.478 e. The summed E-state index contributed by atoms with van der Waals surface area (Å²) in [6.45, 7) is 0.416. The molecule has 2 aromatic rings. The highest BCUT2D eigenvalue weighted by Crippen LogP contribution is 2.24. The number of rotatable bonds is 4. The van der Waals surface area contributed by atoms with Crippen LogP contribution in [0.5, 0.6) is 0 Å². The maximum Gasteiger partial charge on any atom is 0.335 e. The van der Waals surface area contributed by atoms with Crippen molar-refractivity contribution in [3.63, 3.8) is 0 Å². The van der Waals surface area contributed by atoms with Crippen LogP contribution in [0.3, 0.4) is 0 Å². The van der Waals surface area contributed by atoms with E-state index in [0.29, 0.717) is 18.0 Å². The van der Waals surface area contributed by atoms with Crippen LogP contribution in [-0.4, -0.2) is 32.1 Å². The van der Waals surface area contributed by atoms with E-state index in [2.05, 4.69) is 10.0 Å². The van der Waals surface area contributed by atoms with Gasteiger partial charge in [0.2, 0.25) is 10.0 Å². The van der Waals surface area contributed by atoms with E-state index >= 15 is 0 Å². The van der Waals surface area contributed by atoms with E-state index in [1.165, 1.54) is 18.2 Å². The zero-order valence-electron chi connectivity index (χ0n) is 12.5. The van der Waals surface area contributed by atoms with Gasteiger partial charge in [-0.15, -0.1) is 0 Å². The molecule has 1 atom stereocenters. The SMILES string of the molecule is O=C(O)c1ccc2c(c1)CC(NS(=O)(=O)c1cccc(Cl)c1)CN2. The minimum Gasteiger partial charge on any atom is -0.478 e. The summed E-state index contributed by atoms with van der Waals surface area (Å²) in [6, 6.07) is 10.4. The molecule has 6 nitrogen and oxygen atoms in total. The number of hydrogen-bond acceptors (Lipinski definition) is 4. The van der Waals surface area contributed by atoms with E-state index in [1.54, 1.807) is 24.3 Å². The number of aromatic carboxylic acids is 1. The van der Waals surface area contributed by atoms with Crippen molar-refractivity contribution in [2.45, 2.75) is 17.4 Å². The van der Waals surface area contributed by atoms with Gasteiger partial charge in [-0.3, -0.25) is 0 Å². The van der Waals surface area contributed by atoms with Crippen LogP contribution < -0.4 is 10.0 Å². The molecular formula is C16H15ClN2O4S. The Hall–Kier alpha value is -2.09. The molecule has 0 saturated heterocycles. The second-order valence-electron chi connectivity index (χ2n) is 5.54. The number of nitrogens with one attached hydrogen (secondary N) is 2. The maximum absolute atomic E-state index is 12.4. The zero-order valence-corrected chi connectivity index (χ0v) is 14.1. The highest BCUT2D eigenvalue weighted by molar-refractivity contribution is 7.89. The van der Waals surface area contributed by atoms with Crippen LogP contribution >= 0.6 is 11.6 Å². The first-order valence-electron chi connectivity index (χ1n) is 7.23. The normalized spacial score (nSPS) is 17.0. The van der Waals surface area contributed by atoms with E-state index in [4.69, 9.17) is 16.7 Å². The average molecular weight is 367 g/mol. The molecule has 3 N–H and O–H groups in total. The smallest absolute Gasteiger partial charge is 0.335 e. The Bertz CT molecular complexity index is 899. The Kier molecular flexibility index (Phi) is 4.49. The fourth-order valence-electron chi connectivity index (χ4n) is 2.64. The molecule has 3 rings (SSSR count). The van der Waals surface area contributed by atoms with E-state index < -0.39 is 16.0 Å². The van der Waals surface area contributed by atoms with Crippen molar-refractivity contribution < 1.29 is 18.3 Å². The Balaban J connectivity index is 1.80. The summed E-state index contributed by atoms with van der Waals surface area (Å²) >= 11 is 5.85. The van der Waals surface area contributed by atoms with Gasteiger partial charge in [0.25, 0.3) is 0 Å². The van der Waals surface area contributed by atoms with E-state index in [-0.39, 0.29) is 16.5 Å². The lowest BCUT2D eigenvalue weighted by Crippen LogP contribution is -2.43. The van der Waals surface area contributed by atoms with Crippen LogP contribution in [0.1, 0.15) is 15.9 Å². The monoisotopic (exact) mass is 366 g/mol. The van der Waals surface area contributed by atoms with E-state index in [0.717, 1.165) is 11.3 Å². The summed E-state index contributed by atoms with van der Waals surface area (Å²) in [7, 11) is -3.70. The molecule has 1 heterocycles. The van der Waals surface area contributed by atoms with Gasteiger partial charge in [0, 0.05) is 23.3 Å². The molecule has 0 aromatic heterocycles. The lowest BCUT2D eigenvalue weighted by molar-refractivity contribution is 0.0696. The summed E-state index contributed by atoms with van der Waals surface area (Å²) in [6.07, 6.45) is 0.406. The van der Waals surface area contributed by atoms with Crippen molar-refractivity contribution in [2.24, 2.45) is 0 Å². The lowest BCUT2D eigenvalue weighted by atomic mass is 9.98. The molecular weight excluding hydrogens is 352 g/mol. The van der Waals surface area contributed by atoms with Gasteiger partial charge in [-0.1, -0.05) is 17.7 Å². The molecule has 0 fully saturated rings. The Morgan fingerprint density at radius 3 is 2.75 bits per heavy atom. The third-order valence-electron chi connectivity index (χ3n) is 3.79. The summed E-state index contributed by atoms with van der Waals surface area (Å²) < 4.78 is 27.5. The van der Waals surface area contributed by atoms with Crippen molar-refractivity contribution in [3.8, 4) is 0 Å². The van der Waals surface area contributed by atoms with Gasteiger partial charge in [0.05, 0.1) is 10.5 Å². The molecule has 1 aliphatic rings. The van der Waals surface area contributed by atoms with Crippen LogP contribution in [0.25, 0.3) is 0 Å². The molecule has 1 aliphatic heterocycles. The number of carboxylic acids is 1. The lowest BCUT2D eigenvalue weighted by Gasteiger charge is -2.27. The Labute approximate surface area is 144 Å². The third kappa shape index (κ3) is 3.53. The number of anilines is 1. The van der Waals surface area contributed by atoms with Crippen LogP contribution in [-0.2, 0) is 16.4 Å². The van der Waals surface area contributed by atoms with Crippen LogP contribution in [0.15, 0.2) is 47.4 Å². The second-order valence-corrected chi connectivity index (χ2v) is 7.69. The first-order valence-corrected chi connectivity index (χ1v) is 9.09. The van der Waals surface area contributed by atoms with Gasteiger partial charge in [0.1, 0.15) is 0 Å². The van der Waals surface area contributed by atoms with E-state index in [9.17, 15) is 13.2 Å². The minimum atomic E-state index is -3.70. The number of fused-ring (bicyclic) bond motifs is 1. The predicted molar refractivity (Wildman–Crippen MR) is 91.2 cm³/mol. The third-order valence-corrected chi connectivity index (χ3v) is 5.54. The first kappa shape index (κ1) is 16.8. The van der Waals surface area contributed by atoms with Crippen LogP contribution in [0.4, 0.5) is 5.69 Å². The quantitative estimate of drug-likeness (QED) is 0.772. The standard InChI is InChI=1S/C16H15ClN2O4S/c17-12-2-1-3-14(8-12)24(22,23)19-13-7-11-6-10(16(20)21)4-5-15(11)18-9-13/h1-6,8,13,18-19H,7,9H2,(H,20,21). The number of carbonyl (C=O) groups is 1.